The second-order valence-corrected chi connectivity index (χ2v) is 7.17. The van der Waals surface area contributed by atoms with Crippen LogP contribution in [0.2, 0.25) is 0 Å². The Hall–Kier alpha value is -1.76. The molecule has 0 amide bonds. The van der Waals surface area contributed by atoms with Gasteiger partial charge in [-0.05, 0) is 34.3 Å². The van der Waals surface area contributed by atoms with E-state index in [4.69, 9.17) is 4.99 Å². The molecule has 1 aliphatic heterocycles. The van der Waals surface area contributed by atoms with Crippen LogP contribution in [-0.4, -0.2) is 5.71 Å². The molecule has 2 aromatic rings. The molecule has 0 saturated heterocycles. The molecule has 0 fully saturated rings. The van der Waals surface area contributed by atoms with Crippen LogP contribution in [0.5, 0.6) is 0 Å². The molecule has 0 spiro atoms. The normalized spacial score (nSPS) is 19.5. The first kappa shape index (κ1) is 13.9. The zero-order valence-electron chi connectivity index (χ0n) is 12.1. The predicted molar refractivity (Wildman–Crippen MR) is 99.9 cm³/mol. The highest BCUT2D eigenvalue weighted by atomic mass is 32.1. The Bertz CT molecular complexity index is 825. The van der Waals surface area contributed by atoms with Crippen LogP contribution in [0.4, 0.5) is 0 Å². The van der Waals surface area contributed by atoms with E-state index >= 15 is 0 Å². The molecule has 1 aliphatic carbocycles. The molecule has 0 saturated carbocycles. The lowest BCUT2D eigenvalue weighted by molar-refractivity contribution is 1.12. The van der Waals surface area contributed by atoms with Gasteiger partial charge in [0.05, 0.1) is 5.71 Å². The molecule has 3 heteroatoms. The van der Waals surface area contributed by atoms with E-state index in [1.807, 2.05) is 6.20 Å². The summed E-state index contributed by atoms with van der Waals surface area (Å²) in [6, 6.07) is 12.9. The van der Waals surface area contributed by atoms with E-state index in [-0.39, 0.29) is 0 Å². The molecule has 1 nitrogen and oxygen atoms in total. The fourth-order valence-electron chi connectivity index (χ4n) is 3.02. The van der Waals surface area contributed by atoms with Crippen molar-refractivity contribution in [1.29, 1.82) is 0 Å². The average Bonchev–Trinajstić information content (AvgIpc) is 3.16. The summed E-state index contributed by atoms with van der Waals surface area (Å²) in [6.45, 7) is 0. The zero-order valence-corrected chi connectivity index (χ0v) is 14.0. The molecule has 2 heterocycles. The van der Waals surface area contributed by atoms with E-state index in [1.165, 1.54) is 32.6 Å². The number of thiophene rings is 1. The summed E-state index contributed by atoms with van der Waals surface area (Å²) in [5.74, 6) is 0.317. The highest BCUT2D eigenvalue weighted by molar-refractivity contribution is 7.27. The first-order valence-corrected chi connectivity index (χ1v) is 8.81. The lowest BCUT2D eigenvalue weighted by Gasteiger charge is -2.19. The van der Waals surface area contributed by atoms with Gasteiger partial charge in [0.2, 0.25) is 0 Å². The van der Waals surface area contributed by atoms with Gasteiger partial charge in [-0.1, -0.05) is 48.6 Å². The van der Waals surface area contributed by atoms with Gasteiger partial charge in [0.15, 0.2) is 0 Å². The quantitative estimate of drug-likeness (QED) is 0.743. The van der Waals surface area contributed by atoms with Crippen LogP contribution >= 0.6 is 20.6 Å². The van der Waals surface area contributed by atoms with Crippen LogP contribution in [0.1, 0.15) is 10.4 Å². The number of aliphatic imine (C=N–C) groups is 1. The lowest BCUT2D eigenvalue weighted by atomic mass is 9.85. The summed E-state index contributed by atoms with van der Waals surface area (Å²) >= 11 is 1.79. The van der Waals surface area contributed by atoms with E-state index in [9.17, 15) is 0 Å². The molecule has 1 aromatic carbocycles. The third kappa shape index (κ3) is 2.54. The fraction of sp³-hybridized carbons (Fsp3) is 0.105. The highest BCUT2D eigenvalue weighted by Gasteiger charge is 2.28. The molecule has 2 unspecified atom stereocenters. The first-order valence-electron chi connectivity index (χ1n) is 7.35. The van der Waals surface area contributed by atoms with Gasteiger partial charge in [-0.15, -0.1) is 20.6 Å². The Morgan fingerprint density at radius 3 is 2.95 bits per heavy atom. The van der Waals surface area contributed by atoms with Crippen LogP contribution < -0.4 is 5.30 Å². The van der Waals surface area contributed by atoms with Crippen molar-refractivity contribution < 1.29 is 0 Å². The third-order valence-electron chi connectivity index (χ3n) is 4.05. The maximum Gasteiger partial charge on any atom is 0.0552 e. The molecule has 0 radical (unpaired) electrons. The van der Waals surface area contributed by atoms with Gasteiger partial charge in [-0.25, -0.2) is 0 Å². The summed E-state index contributed by atoms with van der Waals surface area (Å²) in [6.07, 6.45) is 9.62. The second-order valence-electron chi connectivity index (χ2n) is 5.55. The second kappa shape index (κ2) is 5.79. The summed E-state index contributed by atoms with van der Waals surface area (Å²) in [5.41, 5.74) is 5.19. The monoisotopic (exact) mass is 321 g/mol. The Balaban J connectivity index is 1.60. The molecular formula is C19H16NPS. The minimum Gasteiger partial charge on any atom is -0.260 e. The number of benzene rings is 1. The van der Waals surface area contributed by atoms with Gasteiger partial charge in [-0.2, -0.15) is 0 Å². The van der Waals surface area contributed by atoms with Crippen molar-refractivity contribution >= 4 is 37.2 Å². The summed E-state index contributed by atoms with van der Waals surface area (Å²) in [4.78, 5) is 6.05. The molecule has 4 rings (SSSR count). The minimum absolute atomic E-state index is 0.317. The zero-order chi connectivity index (χ0) is 14.9. The van der Waals surface area contributed by atoms with Crippen LogP contribution in [0, 0.1) is 5.92 Å². The van der Waals surface area contributed by atoms with Gasteiger partial charge in [0.25, 0.3) is 0 Å². The van der Waals surface area contributed by atoms with Crippen LogP contribution in [0.25, 0.3) is 5.57 Å². The molecule has 0 bridgehead atoms. The topological polar surface area (TPSA) is 12.4 Å². The maximum atomic E-state index is 4.73. The van der Waals surface area contributed by atoms with Crippen molar-refractivity contribution in [3.05, 3.63) is 82.2 Å². The molecule has 2 aliphatic rings. The van der Waals surface area contributed by atoms with Crippen molar-refractivity contribution in [3.63, 3.8) is 0 Å². The summed E-state index contributed by atoms with van der Waals surface area (Å²) in [7, 11) is 2.77. The van der Waals surface area contributed by atoms with Crippen molar-refractivity contribution in [2.45, 2.75) is 6.42 Å². The number of rotatable bonds is 3. The molecule has 0 N–H and O–H groups in total. The lowest BCUT2D eigenvalue weighted by Crippen LogP contribution is -2.17. The Labute approximate surface area is 137 Å². The van der Waals surface area contributed by atoms with Gasteiger partial charge in [0, 0.05) is 22.6 Å². The third-order valence-corrected chi connectivity index (χ3v) is 5.33. The van der Waals surface area contributed by atoms with Crippen molar-refractivity contribution in [2.75, 3.05) is 0 Å². The van der Waals surface area contributed by atoms with E-state index in [1.54, 1.807) is 11.3 Å². The maximum absolute atomic E-state index is 4.73. The Morgan fingerprint density at radius 1 is 1.18 bits per heavy atom. The smallest absolute Gasteiger partial charge is 0.0552 e. The Kier molecular flexibility index (Phi) is 3.65. The van der Waals surface area contributed by atoms with Gasteiger partial charge in [0.1, 0.15) is 0 Å². The molecule has 1 aromatic heterocycles. The first-order chi connectivity index (χ1) is 10.8. The van der Waals surface area contributed by atoms with E-state index in [0.717, 1.165) is 6.42 Å². The standard InChI is InChI=1S/C19H16NPS/c21-15-6-1-4-13(11-15)10-14-5-2-7-16-17(12-20-19(14)16)18-8-3-9-22-18/h1-9,11-12,16H,10,21H2. The van der Waals surface area contributed by atoms with Crippen molar-refractivity contribution in [1.82, 2.24) is 0 Å². The molecule has 108 valence electrons. The summed E-state index contributed by atoms with van der Waals surface area (Å²) in [5, 5.41) is 3.36. The molecule has 2 atom stereocenters. The van der Waals surface area contributed by atoms with E-state index < -0.39 is 0 Å². The average molecular weight is 321 g/mol. The van der Waals surface area contributed by atoms with Gasteiger partial charge in [-0.3, -0.25) is 4.99 Å². The van der Waals surface area contributed by atoms with Crippen LogP contribution in [-0.2, 0) is 6.42 Å². The van der Waals surface area contributed by atoms with Gasteiger partial charge < -0.3 is 0 Å². The Morgan fingerprint density at radius 2 is 2.14 bits per heavy atom. The SMILES string of the molecule is Pc1cccc(CC2=CC=CC3C(c4cccs4)=CN=C23)c1. The van der Waals surface area contributed by atoms with Crippen molar-refractivity contribution in [2.24, 2.45) is 10.9 Å². The fourth-order valence-corrected chi connectivity index (χ4v) is 4.13. The van der Waals surface area contributed by atoms with Crippen LogP contribution in [0.15, 0.2) is 76.8 Å². The molecular weight excluding hydrogens is 305 g/mol. The van der Waals surface area contributed by atoms with Gasteiger partial charge >= 0.3 is 0 Å². The number of allylic oxidation sites excluding steroid dienone is 5. The minimum atomic E-state index is 0.317. The predicted octanol–water partition coefficient (Wildman–Crippen LogP) is 4.40. The molecule has 22 heavy (non-hydrogen) atoms. The number of hydrogen-bond donors (Lipinski definition) is 0. The van der Waals surface area contributed by atoms with Crippen molar-refractivity contribution in [3.8, 4) is 0 Å². The number of fused-ring (bicyclic) bond motifs is 1. The number of nitrogens with zero attached hydrogens (tertiary/aromatic N) is 1. The van der Waals surface area contributed by atoms with E-state index in [0.29, 0.717) is 5.92 Å². The number of hydrogen-bond acceptors (Lipinski definition) is 2. The summed E-state index contributed by atoms with van der Waals surface area (Å²) < 4.78 is 0. The largest absolute Gasteiger partial charge is 0.260 e. The highest BCUT2D eigenvalue weighted by Crippen LogP contribution is 2.37. The van der Waals surface area contributed by atoms with Crippen LogP contribution in [0.3, 0.4) is 0 Å². The van der Waals surface area contributed by atoms with E-state index in [2.05, 4.69) is 69.2 Å².